The van der Waals surface area contributed by atoms with Crippen molar-refractivity contribution in [1.82, 2.24) is 15.0 Å². The van der Waals surface area contributed by atoms with Crippen LogP contribution in [0.5, 0.6) is 5.75 Å². The number of halogens is 6. The van der Waals surface area contributed by atoms with Gasteiger partial charge in [-0.15, -0.1) is 0 Å². The highest BCUT2D eigenvalue weighted by molar-refractivity contribution is 5.66. The molecule has 1 aliphatic heterocycles. The van der Waals surface area contributed by atoms with Crippen molar-refractivity contribution in [3.8, 4) is 17.1 Å². The highest BCUT2D eigenvalue weighted by Crippen LogP contribution is 2.39. The Bertz CT molecular complexity index is 1280. The zero-order valence-electron chi connectivity index (χ0n) is 19.5. The normalized spacial score (nSPS) is 18.1. The standard InChI is InChI=1S/C24H21F6N3O5/c25-23(26,27)15-6-3-13(4-7-15)2-1-9-37-19-8-5-14(10-17(19)24(28,29)30)20-31-21(38-32-20)18-11-16(34)12-33(18)22(35)36/h3-8,10,16,18,34H,1-2,9,11-12H2,(H,35,36)/t16-,18?/m1/s1. The molecule has 2 N–H and O–H groups in total. The lowest BCUT2D eigenvalue weighted by atomic mass is 10.1. The molecule has 0 aliphatic carbocycles. The maximum atomic E-state index is 13.8. The topological polar surface area (TPSA) is 109 Å². The molecule has 1 fully saturated rings. The van der Waals surface area contributed by atoms with Crippen molar-refractivity contribution in [3.63, 3.8) is 0 Å². The summed E-state index contributed by atoms with van der Waals surface area (Å²) in [6.07, 6.45) is -11.0. The van der Waals surface area contributed by atoms with Gasteiger partial charge < -0.3 is 19.5 Å². The summed E-state index contributed by atoms with van der Waals surface area (Å²) in [7, 11) is 0. The van der Waals surface area contributed by atoms with Crippen LogP contribution in [0.1, 0.15) is 41.5 Å². The molecule has 14 heteroatoms. The van der Waals surface area contributed by atoms with E-state index < -0.39 is 47.5 Å². The monoisotopic (exact) mass is 545 g/mol. The minimum Gasteiger partial charge on any atom is -0.493 e. The fourth-order valence-electron chi connectivity index (χ4n) is 4.08. The van der Waals surface area contributed by atoms with Crippen molar-refractivity contribution in [1.29, 1.82) is 0 Å². The molecule has 8 nitrogen and oxygen atoms in total. The van der Waals surface area contributed by atoms with Crippen molar-refractivity contribution >= 4 is 6.09 Å². The third-order valence-corrected chi connectivity index (χ3v) is 5.94. The van der Waals surface area contributed by atoms with Gasteiger partial charge in [-0.05, 0) is 48.7 Å². The first-order chi connectivity index (χ1) is 17.8. The van der Waals surface area contributed by atoms with E-state index in [4.69, 9.17) is 9.26 Å². The Morgan fingerprint density at radius 1 is 1.08 bits per heavy atom. The minimum absolute atomic E-state index is 0.000978. The van der Waals surface area contributed by atoms with E-state index in [0.29, 0.717) is 12.0 Å². The summed E-state index contributed by atoms with van der Waals surface area (Å²) in [4.78, 5) is 16.3. The van der Waals surface area contributed by atoms with E-state index in [-0.39, 0.29) is 43.3 Å². The summed E-state index contributed by atoms with van der Waals surface area (Å²) in [5.74, 6) is -0.810. The number of hydrogen-bond acceptors (Lipinski definition) is 6. The Kier molecular flexibility index (Phi) is 7.54. The van der Waals surface area contributed by atoms with E-state index in [1.165, 1.54) is 18.2 Å². The number of likely N-dealkylation sites (tertiary alicyclic amines) is 1. The highest BCUT2D eigenvalue weighted by atomic mass is 19.4. The Morgan fingerprint density at radius 3 is 2.42 bits per heavy atom. The third kappa shape index (κ3) is 6.18. The molecule has 4 rings (SSSR count). The number of β-amino-alcohol motifs (C(OH)–C–C–N with tert-alkyl or cyclic N) is 1. The van der Waals surface area contributed by atoms with Crippen LogP contribution in [0.4, 0.5) is 31.1 Å². The van der Waals surface area contributed by atoms with Crippen LogP contribution in [-0.2, 0) is 18.8 Å². The van der Waals surface area contributed by atoms with E-state index in [0.717, 1.165) is 29.2 Å². The average Bonchev–Trinajstić information content (AvgIpc) is 3.48. The number of rotatable bonds is 7. The molecule has 0 bridgehead atoms. The van der Waals surface area contributed by atoms with Gasteiger partial charge in [0.2, 0.25) is 11.7 Å². The molecule has 1 saturated heterocycles. The number of nitrogens with zero attached hydrogens (tertiary/aromatic N) is 3. The fourth-order valence-corrected chi connectivity index (χ4v) is 4.08. The van der Waals surface area contributed by atoms with Crippen LogP contribution < -0.4 is 4.74 Å². The van der Waals surface area contributed by atoms with Gasteiger partial charge in [0.05, 0.1) is 30.4 Å². The van der Waals surface area contributed by atoms with Crippen LogP contribution in [0.2, 0.25) is 0 Å². The van der Waals surface area contributed by atoms with Gasteiger partial charge in [0.15, 0.2) is 0 Å². The maximum Gasteiger partial charge on any atom is 0.419 e. The van der Waals surface area contributed by atoms with Gasteiger partial charge in [-0.1, -0.05) is 17.3 Å². The minimum atomic E-state index is -4.79. The SMILES string of the molecule is O=C(O)N1C[C@H](O)CC1c1nc(-c2ccc(OCCCc3ccc(C(F)(F)F)cc3)c(C(F)(F)F)c2)no1. The van der Waals surface area contributed by atoms with Crippen molar-refractivity contribution < 1.29 is 50.6 Å². The van der Waals surface area contributed by atoms with Crippen LogP contribution in [0, 0.1) is 0 Å². The molecule has 2 heterocycles. The van der Waals surface area contributed by atoms with Gasteiger partial charge in [0.1, 0.15) is 11.8 Å². The molecular formula is C24H21F6N3O5. The van der Waals surface area contributed by atoms with E-state index in [1.54, 1.807) is 0 Å². The smallest absolute Gasteiger partial charge is 0.419 e. The molecule has 1 amide bonds. The first-order valence-corrected chi connectivity index (χ1v) is 11.3. The van der Waals surface area contributed by atoms with E-state index in [2.05, 4.69) is 10.1 Å². The maximum absolute atomic E-state index is 13.8. The Hall–Kier alpha value is -3.81. The van der Waals surface area contributed by atoms with Crippen LogP contribution in [0.15, 0.2) is 47.0 Å². The molecule has 2 atom stereocenters. The number of aryl methyl sites for hydroxylation is 1. The number of aliphatic hydroxyl groups is 1. The van der Waals surface area contributed by atoms with E-state index in [9.17, 15) is 41.4 Å². The number of ether oxygens (including phenoxy) is 1. The van der Waals surface area contributed by atoms with Crippen LogP contribution in [-0.4, -0.2) is 50.6 Å². The number of alkyl halides is 6. The number of benzene rings is 2. The van der Waals surface area contributed by atoms with E-state index >= 15 is 0 Å². The number of hydrogen-bond donors (Lipinski definition) is 2. The lowest BCUT2D eigenvalue weighted by molar-refractivity contribution is -0.139. The predicted octanol–water partition coefficient (Wildman–Crippen LogP) is 5.57. The second kappa shape index (κ2) is 10.5. The number of aromatic nitrogens is 2. The first kappa shape index (κ1) is 27.2. The summed E-state index contributed by atoms with van der Waals surface area (Å²) in [5.41, 5.74) is -1.36. The lowest BCUT2D eigenvalue weighted by Gasteiger charge is -2.17. The zero-order valence-corrected chi connectivity index (χ0v) is 19.5. The molecule has 1 unspecified atom stereocenters. The summed E-state index contributed by atoms with van der Waals surface area (Å²) < 4.78 is 89.6. The van der Waals surface area contributed by atoms with Crippen molar-refractivity contribution in [3.05, 3.63) is 65.0 Å². The van der Waals surface area contributed by atoms with Gasteiger partial charge in [-0.2, -0.15) is 31.3 Å². The number of aliphatic hydroxyl groups excluding tert-OH is 1. The van der Waals surface area contributed by atoms with Crippen LogP contribution >= 0.6 is 0 Å². The molecule has 1 aromatic heterocycles. The summed E-state index contributed by atoms with van der Waals surface area (Å²) in [5, 5.41) is 22.7. The zero-order chi connectivity index (χ0) is 27.7. The predicted molar refractivity (Wildman–Crippen MR) is 118 cm³/mol. The molecule has 204 valence electrons. The van der Waals surface area contributed by atoms with Crippen molar-refractivity contribution in [2.24, 2.45) is 0 Å². The Labute approximate surface area is 211 Å². The molecule has 2 aromatic carbocycles. The number of carbonyl (C=O) groups is 1. The molecular weight excluding hydrogens is 524 g/mol. The van der Waals surface area contributed by atoms with Crippen molar-refractivity contribution in [2.45, 2.75) is 43.8 Å². The fraction of sp³-hybridized carbons (Fsp3) is 0.375. The summed E-state index contributed by atoms with van der Waals surface area (Å²) >= 11 is 0. The molecule has 0 radical (unpaired) electrons. The quantitative estimate of drug-likeness (QED) is 0.295. The van der Waals surface area contributed by atoms with Gasteiger partial charge in [-0.25, -0.2) is 4.79 Å². The highest BCUT2D eigenvalue weighted by Gasteiger charge is 2.39. The van der Waals surface area contributed by atoms with Gasteiger partial charge >= 0.3 is 18.4 Å². The summed E-state index contributed by atoms with van der Waals surface area (Å²) in [6, 6.07) is 6.71. The Morgan fingerprint density at radius 2 is 1.79 bits per heavy atom. The first-order valence-electron chi connectivity index (χ1n) is 11.3. The van der Waals surface area contributed by atoms with Gasteiger partial charge in [0, 0.05) is 12.0 Å². The van der Waals surface area contributed by atoms with E-state index in [1.807, 2.05) is 0 Å². The third-order valence-electron chi connectivity index (χ3n) is 5.94. The molecule has 3 aromatic rings. The number of amides is 1. The second-order valence-corrected chi connectivity index (χ2v) is 8.65. The second-order valence-electron chi connectivity index (χ2n) is 8.65. The van der Waals surface area contributed by atoms with Crippen molar-refractivity contribution in [2.75, 3.05) is 13.2 Å². The summed E-state index contributed by atoms with van der Waals surface area (Å²) in [6.45, 7) is -0.286. The Balaban J connectivity index is 1.44. The molecule has 0 spiro atoms. The lowest BCUT2D eigenvalue weighted by Crippen LogP contribution is -2.30. The van der Waals surface area contributed by atoms with Crippen LogP contribution in [0.3, 0.4) is 0 Å². The largest absolute Gasteiger partial charge is 0.493 e. The average molecular weight is 545 g/mol. The molecule has 1 aliphatic rings. The molecule has 38 heavy (non-hydrogen) atoms. The van der Waals surface area contributed by atoms with Gasteiger partial charge in [0.25, 0.3) is 0 Å². The van der Waals surface area contributed by atoms with Crippen LogP contribution in [0.25, 0.3) is 11.4 Å². The number of carboxylic acid groups (broad SMARTS) is 1. The molecule has 0 saturated carbocycles. The van der Waals surface area contributed by atoms with Gasteiger partial charge in [-0.3, -0.25) is 4.90 Å².